The summed E-state index contributed by atoms with van der Waals surface area (Å²) in [6, 6.07) is 2.32. The molecule has 20 heavy (non-hydrogen) atoms. The smallest absolute Gasteiger partial charge is 0.0254 e. The first kappa shape index (κ1) is 16.3. The van der Waals surface area contributed by atoms with Crippen molar-refractivity contribution >= 4 is 0 Å². The topological polar surface area (TPSA) is 15.3 Å². The molecule has 2 aliphatic rings. The van der Waals surface area contributed by atoms with Gasteiger partial charge in [0.25, 0.3) is 0 Å². The van der Waals surface area contributed by atoms with E-state index in [1.165, 1.54) is 58.0 Å². The lowest BCUT2D eigenvalue weighted by Crippen LogP contribution is -2.57. The third-order valence-corrected chi connectivity index (χ3v) is 5.77. The van der Waals surface area contributed by atoms with Crippen LogP contribution in [-0.2, 0) is 0 Å². The molecule has 1 heterocycles. The normalized spacial score (nSPS) is 39.9. The van der Waals surface area contributed by atoms with Crippen LogP contribution >= 0.6 is 0 Å². The van der Waals surface area contributed by atoms with Gasteiger partial charge < -0.3 is 5.32 Å². The van der Waals surface area contributed by atoms with Crippen molar-refractivity contribution in [3.05, 3.63) is 0 Å². The Labute approximate surface area is 126 Å². The number of piperidine rings is 1. The van der Waals surface area contributed by atoms with E-state index in [4.69, 9.17) is 0 Å². The molecule has 1 aliphatic heterocycles. The Hall–Kier alpha value is -0.0800. The number of nitrogens with one attached hydrogen (secondary N) is 1. The van der Waals surface area contributed by atoms with E-state index in [0.717, 1.165) is 30.0 Å². The molecule has 1 N–H and O–H groups in total. The van der Waals surface area contributed by atoms with Gasteiger partial charge in [0.05, 0.1) is 0 Å². The van der Waals surface area contributed by atoms with Gasteiger partial charge in [-0.05, 0) is 70.4 Å². The van der Waals surface area contributed by atoms with Gasteiger partial charge in [0.15, 0.2) is 0 Å². The van der Waals surface area contributed by atoms with Gasteiger partial charge >= 0.3 is 0 Å². The maximum Gasteiger partial charge on any atom is 0.0254 e. The second-order valence-corrected chi connectivity index (χ2v) is 7.43. The van der Waals surface area contributed by atoms with Gasteiger partial charge in [-0.1, -0.05) is 27.2 Å². The molecule has 118 valence electrons. The van der Waals surface area contributed by atoms with Crippen LogP contribution < -0.4 is 5.32 Å². The average molecular weight is 280 g/mol. The monoisotopic (exact) mass is 280 g/mol. The molecule has 0 aromatic carbocycles. The van der Waals surface area contributed by atoms with Crippen molar-refractivity contribution in [2.24, 2.45) is 11.8 Å². The van der Waals surface area contributed by atoms with Gasteiger partial charge in [-0.3, -0.25) is 4.90 Å². The second kappa shape index (κ2) is 7.79. The lowest BCUT2D eigenvalue weighted by molar-refractivity contribution is 0.0297. The average Bonchev–Trinajstić information content (AvgIpc) is 2.45. The standard InChI is InChI=1S/C18H36N2/c1-5-10-19-17-8-7-16(6-2)13-18(17)20-11-9-14(3)12-15(20)4/h14-19H,5-13H2,1-4H3. The van der Waals surface area contributed by atoms with Crippen molar-refractivity contribution in [2.45, 2.75) is 90.8 Å². The summed E-state index contributed by atoms with van der Waals surface area (Å²) >= 11 is 0. The predicted molar refractivity (Wildman–Crippen MR) is 88.1 cm³/mol. The summed E-state index contributed by atoms with van der Waals surface area (Å²) in [5.41, 5.74) is 0. The highest BCUT2D eigenvalue weighted by Gasteiger charge is 2.37. The van der Waals surface area contributed by atoms with Crippen LogP contribution in [0.5, 0.6) is 0 Å². The summed E-state index contributed by atoms with van der Waals surface area (Å²) in [6.45, 7) is 12.1. The fraction of sp³-hybridized carbons (Fsp3) is 1.00. The van der Waals surface area contributed by atoms with Crippen molar-refractivity contribution < 1.29 is 0 Å². The molecule has 2 nitrogen and oxygen atoms in total. The third kappa shape index (κ3) is 3.98. The van der Waals surface area contributed by atoms with Crippen LogP contribution in [0.4, 0.5) is 0 Å². The minimum Gasteiger partial charge on any atom is -0.312 e. The van der Waals surface area contributed by atoms with Crippen molar-refractivity contribution in [1.29, 1.82) is 0 Å². The summed E-state index contributed by atoms with van der Waals surface area (Å²) in [5, 5.41) is 3.85. The molecule has 0 aromatic rings. The Morgan fingerprint density at radius 2 is 1.85 bits per heavy atom. The highest BCUT2D eigenvalue weighted by atomic mass is 15.2. The van der Waals surface area contributed by atoms with Crippen LogP contribution in [0.1, 0.15) is 72.6 Å². The molecule has 0 bridgehead atoms. The zero-order valence-electron chi connectivity index (χ0n) is 14.2. The lowest BCUT2D eigenvalue weighted by atomic mass is 9.78. The molecule has 0 radical (unpaired) electrons. The SMILES string of the molecule is CCCNC1CCC(CC)CC1N1CCC(C)CC1C. The molecule has 2 heteroatoms. The van der Waals surface area contributed by atoms with Gasteiger partial charge in [0.2, 0.25) is 0 Å². The van der Waals surface area contributed by atoms with Crippen LogP contribution in [0.15, 0.2) is 0 Å². The summed E-state index contributed by atoms with van der Waals surface area (Å²) in [5.74, 6) is 1.89. The first-order chi connectivity index (χ1) is 9.65. The number of rotatable bonds is 5. The van der Waals surface area contributed by atoms with Crippen molar-refractivity contribution in [3.63, 3.8) is 0 Å². The predicted octanol–water partition coefficient (Wildman–Crippen LogP) is 4.05. The lowest BCUT2D eigenvalue weighted by Gasteiger charge is -2.48. The molecule has 1 aliphatic carbocycles. The Balaban J connectivity index is 2.01. The molecule has 5 unspecified atom stereocenters. The van der Waals surface area contributed by atoms with Crippen molar-refractivity contribution in [1.82, 2.24) is 10.2 Å². The minimum absolute atomic E-state index is 0.744. The molecule has 1 saturated heterocycles. The number of hydrogen-bond donors (Lipinski definition) is 1. The van der Waals surface area contributed by atoms with Gasteiger partial charge in [-0.2, -0.15) is 0 Å². The number of hydrogen-bond acceptors (Lipinski definition) is 2. The summed E-state index contributed by atoms with van der Waals surface area (Å²) in [6.07, 6.45) is 9.68. The Morgan fingerprint density at radius 3 is 2.50 bits per heavy atom. The molecular weight excluding hydrogens is 244 g/mol. The van der Waals surface area contributed by atoms with E-state index in [1.807, 2.05) is 0 Å². The summed E-state index contributed by atoms with van der Waals surface area (Å²) in [4.78, 5) is 2.86. The van der Waals surface area contributed by atoms with Gasteiger partial charge in [0, 0.05) is 18.1 Å². The molecule has 0 amide bonds. The number of likely N-dealkylation sites (tertiary alicyclic amines) is 1. The first-order valence-electron chi connectivity index (χ1n) is 9.14. The third-order valence-electron chi connectivity index (χ3n) is 5.77. The van der Waals surface area contributed by atoms with Gasteiger partial charge in [-0.25, -0.2) is 0 Å². The summed E-state index contributed by atoms with van der Waals surface area (Å²) in [7, 11) is 0. The van der Waals surface area contributed by atoms with E-state index in [1.54, 1.807) is 0 Å². The van der Waals surface area contributed by atoms with E-state index < -0.39 is 0 Å². The van der Waals surface area contributed by atoms with E-state index in [-0.39, 0.29) is 0 Å². The molecule has 0 aromatic heterocycles. The highest BCUT2D eigenvalue weighted by molar-refractivity contribution is 4.94. The van der Waals surface area contributed by atoms with E-state index in [9.17, 15) is 0 Å². The molecule has 1 saturated carbocycles. The minimum atomic E-state index is 0.744. The first-order valence-corrected chi connectivity index (χ1v) is 9.14. The zero-order valence-corrected chi connectivity index (χ0v) is 14.2. The Morgan fingerprint density at radius 1 is 1.05 bits per heavy atom. The maximum absolute atomic E-state index is 3.85. The number of nitrogens with zero attached hydrogens (tertiary/aromatic N) is 1. The second-order valence-electron chi connectivity index (χ2n) is 7.43. The summed E-state index contributed by atoms with van der Waals surface area (Å²) < 4.78 is 0. The molecule has 5 atom stereocenters. The molecular formula is C18H36N2. The fourth-order valence-corrected chi connectivity index (χ4v) is 4.45. The van der Waals surface area contributed by atoms with Crippen molar-refractivity contribution in [3.8, 4) is 0 Å². The largest absolute Gasteiger partial charge is 0.312 e. The van der Waals surface area contributed by atoms with E-state index in [0.29, 0.717) is 0 Å². The Bertz CT molecular complexity index is 279. The van der Waals surface area contributed by atoms with E-state index >= 15 is 0 Å². The van der Waals surface area contributed by atoms with Gasteiger partial charge in [0.1, 0.15) is 0 Å². The quantitative estimate of drug-likeness (QED) is 0.817. The Kier molecular flexibility index (Phi) is 6.35. The zero-order chi connectivity index (χ0) is 14.5. The van der Waals surface area contributed by atoms with Gasteiger partial charge in [-0.15, -0.1) is 0 Å². The van der Waals surface area contributed by atoms with Crippen molar-refractivity contribution in [2.75, 3.05) is 13.1 Å². The maximum atomic E-state index is 3.85. The van der Waals surface area contributed by atoms with Crippen LogP contribution in [0.25, 0.3) is 0 Å². The molecule has 2 rings (SSSR count). The van der Waals surface area contributed by atoms with Crippen LogP contribution in [0, 0.1) is 11.8 Å². The highest BCUT2D eigenvalue weighted by Crippen LogP contribution is 2.34. The fourth-order valence-electron chi connectivity index (χ4n) is 4.45. The van der Waals surface area contributed by atoms with Crippen LogP contribution in [-0.4, -0.2) is 36.1 Å². The molecule has 2 fully saturated rings. The van der Waals surface area contributed by atoms with E-state index in [2.05, 4.69) is 37.9 Å². The van der Waals surface area contributed by atoms with Crippen LogP contribution in [0.3, 0.4) is 0 Å². The molecule has 0 spiro atoms. The van der Waals surface area contributed by atoms with Crippen LogP contribution in [0.2, 0.25) is 0 Å².